The number of hydrogen-bond acceptors (Lipinski definition) is 6. The summed E-state index contributed by atoms with van der Waals surface area (Å²) in [5, 5.41) is 3.17. The van der Waals surface area contributed by atoms with Crippen LogP contribution in [0.5, 0.6) is 0 Å². The fraction of sp³-hybridized carbons (Fsp3) is 0.200. The van der Waals surface area contributed by atoms with Crippen LogP contribution in [-0.2, 0) is 14.6 Å². The van der Waals surface area contributed by atoms with Crippen LogP contribution in [0.15, 0.2) is 53.4 Å². The van der Waals surface area contributed by atoms with Crippen LogP contribution < -0.4 is 5.32 Å². The second-order valence-electron chi connectivity index (χ2n) is 6.37. The summed E-state index contributed by atoms with van der Waals surface area (Å²) >= 11 is 1.25. The topological polar surface area (TPSA) is 89.5 Å². The summed E-state index contributed by atoms with van der Waals surface area (Å²) in [6.07, 6.45) is 0. The van der Waals surface area contributed by atoms with Crippen LogP contribution in [0.2, 0.25) is 0 Å². The molecule has 8 heteroatoms. The number of amides is 1. The molecule has 0 radical (unpaired) electrons. The molecule has 0 spiro atoms. The molecule has 6 nitrogen and oxygen atoms in total. The molecule has 0 unspecified atom stereocenters. The van der Waals surface area contributed by atoms with Gasteiger partial charge in [0.1, 0.15) is 10.6 Å². The predicted octanol–water partition coefficient (Wildman–Crippen LogP) is 4.12. The second kappa shape index (κ2) is 7.73. The Morgan fingerprint density at radius 3 is 2.46 bits per heavy atom. The van der Waals surface area contributed by atoms with Crippen molar-refractivity contribution in [3.05, 3.63) is 59.7 Å². The van der Waals surface area contributed by atoms with E-state index in [1.54, 1.807) is 26.0 Å². The summed E-state index contributed by atoms with van der Waals surface area (Å²) < 4.78 is 30.4. The van der Waals surface area contributed by atoms with Crippen molar-refractivity contribution in [2.75, 3.05) is 12.4 Å². The van der Waals surface area contributed by atoms with Crippen molar-refractivity contribution < 1.29 is 22.7 Å². The van der Waals surface area contributed by atoms with Crippen LogP contribution in [0.25, 0.3) is 10.1 Å². The Morgan fingerprint density at radius 1 is 1.07 bits per heavy atom. The smallest absolute Gasteiger partial charge is 0.341 e. The molecule has 0 saturated carbocycles. The van der Waals surface area contributed by atoms with Gasteiger partial charge < -0.3 is 10.1 Å². The van der Waals surface area contributed by atoms with Gasteiger partial charge in [0.2, 0.25) is 0 Å². The zero-order valence-electron chi connectivity index (χ0n) is 15.6. The largest absolute Gasteiger partial charge is 0.465 e. The number of carbonyl (C=O) groups is 2. The highest BCUT2D eigenvalue weighted by atomic mass is 32.2. The number of fused-ring (bicyclic) bond motifs is 1. The number of nitrogens with one attached hydrogen (secondary N) is 1. The lowest BCUT2D eigenvalue weighted by atomic mass is 10.1. The Morgan fingerprint density at radius 2 is 1.79 bits per heavy atom. The molecule has 0 bridgehead atoms. The van der Waals surface area contributed by atoms with Gasteiger partial charge in [-0.15, -0.1) is 11.3 Å². The van der Waals surface area contributed by atoms with Gasteiger partial charge in [-0.05, 0) is 38.1 Å². The number of esters is 1. The van der Waals surface area contributed by atoms with Gasteiger partial charge in [0.25, 0.3) is 5.91 Å². The molecule has 0 atom stereocenters. The van der Waals surface area contributed by atoms with E-state index in [2.05, 4.69) is 5.32 Å². The van der Waals surface area contributed by atoms with Crippen LogP contribution in [0.1, 0.15) is 34.6 Å². The van der Waals surface area contributed by atoms with E-state index in [1.165, 1.54) is 42.7 Å². The van der Waals surface area contributed by atoms with E-state index in [4.69, 9.17) is 4.74 Å². The molecule has 1 aromatic heterocycles. The van der Waals surface area contributed by atoms with Crippen molar-refractivity contribution in [1.82, 2.24) is 0 Å². The van der Waals surface area contributed by atoms with Crippen LogP contribution in [0.3, 0.4) is 0 Å². The van der Waals surface area contributed by atoms with Crippen molar-refractivity contribution in [3.63, 3.8) is 0 Å². The van der Waals surface area contributed by atoms with Crippen LogP contribution in [0.4, 0.5) is 5.00 Å². The normalized spacial score (nSPS) is 11.6. The molecule has 2 aromatic carbocycles. The first-order valence-electron chi connectivity index (χ1n) is 8.51. The first-order chi connectivity index (χ1) is 13.3. The summed E-state index contributed by atoms with van der Waals surface area (Å²) in [5.74, 6) is -1.05. The number of methoxy groups -OCH3 is 1. The fourth-order valence-corrected chi connectivity index (χ4v) is 4.89. The third-order valence-electron chi connectivity index (χ3n) is 4.26. The van der Waals surface area contributed by atoms with Crippen LogP contribution >= 0.6 is 11.3 Å². The monoisotopic (exact) mass is 417 g/mol. The SMILES string of the molecule is COC(=O)c1c(NC(=O)c2cccc(S(=O)(=O)C(C)C)c2)sc2ccccc12. The molecule has 0 aliphatic carbocycles. The average Bonchev–Trinajstić information content (AvgIpc) is 3.05. The van der Waals surface area contributed by atoms with E-state index < -0.39 is 27.0 Å². The molecule has 0 saturated heterocycles. The van der Waals surface area contributed by atoms with E-state index in [0.717, 1.165) is 4.70 Å². The summed E-state index contributed by atoms with van der Waals surface area (Å²) in [6, 6.07) is 13.1. The Bertz CT molecular complexity index is 1160. The van der Waals surface area contributed by atoms with E-state index in [1.807, 2.05) is 12.1 Å². The van der Waals surface area contributed by atoms with Crippen molar-refractivity contribution in [1.29, 1.82) is 0 Å². The number of carbonyl (C=O) groups excluding carboxylic acids is 2. The number of ether oxygens (including phenoxy) is 1. The zero-order valence-corrected chi connectivity index (χ0v) is 17.2. The van der Waals surface area contributed by atoms with Crippen molar-refractivity contribution in [2.24, 2.45) is 0 Å². The number of benzene rings is 2. The first kappa shape index (κ1) is 20.0. The number of thiophene rings is 1. The van der Waals surface area contributed by atoms with Crippen molar-refractivity contribution in [2.45, 2.75) is 24.0 Å². The van der Waals surface area contributed by atoms with Crippen LogP contribution in [-0.4, -0.2) is 32.7 Å². The number of rotatable bonds is 5. The lowest BCUT2D eigenvalue weighted by Crippen LogP contribution is -2.17. The van der Waals surface area contributed by atoms with Gasteiger partial charge in [-0.1, -0.05) is 24.3 Å². The van der Waals surface area contributed by atoms with Crippen molar-refractivity contribution >= 4 is 48.1 Å². The number of hydrogen-bond donors (Lipinski definition) is 1. The number of sulfone groups is 1. The Hall–Kier alpha value is -2.71. The van der Waals surface area contributed by atoms with Gasteiger partial charge in [-0.3, -0.25) is 4.79 Å². The minimum atomic E-state index is -3.50. The molecule has 146 valence electrons. The van der Waals surface area contributed by atoms with E-state index >= 15 is 0 Å². The summed E-state index contributed by atoms with van der Waals surface area (Å²) in [4.78, 5) is 25.1. The maximum atomic E-state index is 12.8. The maximum absolute atomic E-state index is 12.8. The van der Waals surface area contributed by atoms with E-state index in [-0.39, 0.29) is 16.0 Å². The molecule has 1 heterocycles. The Balaban J connectivity index is 2.00. The standard InChI is InChI=1S/C20H19NO5S2/c1-12(2)28(24,25)14-8-6-7-13(11-14)18(22)21-19-17(20(23)26-3)15-9-4-5-10-16(15)27-19/h4-12H,1-3H3,(H,21,22). The van der Waals surface area contributed by atoms with Crippen LogP contribution in [0, 0.1) is 0 Å². The predicted molar refractivity (Wildman–Crippen MR) is 110 cm³/mol. The fourth-order valence-electron chi connectivity index (χ4n) is 2.70. The Kier molecular flexibility index (Phi) is 5.53. The van der Waals surface area contributed by atoms with E-state index in [9.17, 15) is 18.0 Å². The lowest BCUT2D eigenvalue weighted by molar-refractivity contribution is 0.0604. The quantitative estimate of drug-likeness (QED) is 0.631. The molecular weight excluding hydrogens is 398 g/mol. The molecule has 28 heavy (non-hydrogen) atoms. The molecular formula is C20H19NO5S2. The molecule has 1 amide bonds. The number of anilines is 1. The molecule has 0 aliphatic rings. The lowest BCUT2D eigenvalue weighted by Gasteiger charge is -2.10. The highest BCUT2D eigenvalue weighted by Crippen LogP contribution is 2.36. The minimum Gasteiger partial charge on any atom is -0.465 e. The molecule has 1 N–H and O–H groups in total. The molecule has 3 rings (SSSR count). The molecule has 3 aromatic rings. The first-order valence-corrected chi connectivity index (χ1v) is 10.9. The zero-order chi connectivity index (χ0) is 20.5. The molecule has 0 fully saturated rings. The van der Waals surface area contributed by atoms with Gasteiger partial charge in [-0.25, -0.2) is 13.2 Å². The average molecular weight is 418 g/mol. The van der Waals surface area contributed by atoms with Crippen molar-refractivity contribution in [3.8, 4) is 0 Å². The van der Waals surface area contributed by atoms with Gasteiger partial charge in [0.15, 0.2) is 9.84 Å². The summed E-state index contributed by atoms with van der Waals surface area (Å²) in [6.45, 7) is 3.17. The summed E-state index contributed by atoms with van der Waals surface area (Å²) in [7, 11) is -2.22. The van der Waals surface area contributed by atoms with Gasteiger partial charge in [0.05, 0.1) is 17.3 Å². The van der Waals surface area contributed by atoms with Gasteiger partial charge >= 0.3 is 5.97 Å². The highest BCUT2D eigenvalue weighted by Gasteiger charge is 2.23. The highest BCUT2D eigenvalue weighted by molar-refractivity contribution is 7.92. The third kappa shape index (κ3) is 3.65. The Labute approximate surface area is 167 Å². The van der Waals surface area contributed by atoms with Gasteiger partial charge in [-0.2, -0.15) is 0 Å². The second-order valence-corrected chi connectivity index (χ2v) is 9.93. The third-order valence-corrected chi connectivity index (χ3v) is 7.50. The molecule has 0 aliphatic heterocycles. The van der Waals surface area contributed by atoms with Gasteiger partial charge in [0, 0.05) is 15.6 Å². The minimum absolute atomic E-state index is 0.0830. The maximum Gasteiger partial charge on any atom is 0.341 e. The summed E-state index contributed by atoms with van der Waals surface area (Å²) in [5.41, 5.74) is 0.470. The van der Waals surface area contributed by atoms with E-state index in [0.29, 0.717) is 10.4 Å².